The summed E-state index contributed by atoms with van der Waals surface area (Å²) in [4.78, 5) is 22.9. The highest BCUT2D eigenvalue weighted by atomic mass is 16.2. The minimum Gasteiger partial charge on any atom is -0.386 e. The van der Waals surface area contributed by atoms with E-state index in [1.54, 1.807) is 11.1 Å². The molecule has 0 atom stereocenters. The lowest BCUT2D eigenvalue weighted by Crippen LogP contribution is -2.35. The summed E-state index contributed by atoms with van der Waals surface area (Å²) >= 11 is 0. The first kappa shape index (κ1) is 19.6. The lowest BCUT2D eigenvalue weighted by Gasteiger charge is -2.29. The molecule has 0 fully saturated rings. The molecule has 0 saturated heterocycles. The SMILES string of the molecule is CN(C)CCN(C)C(=O)c1ccc(C2=CN=C(N)CN2c2ccccc2)cc1. The van der Waals surface area contributed by atoms with Crippen molar-refractivity contribution in [3.05, 3.63) is 71.9 Å². The van der Waals surface area contributed by atoms with E-state index in [-0.39, 0.29) is 5.91 Å². The minimum absolute atomic E-state index is 0.0215. The number of carbonyl (C=O) groups excluding carboxylic acids is 1. The van der Waals surface area contributed by atoms with E-state index >= 15 is 0 Å². The molecule has 6 nitrogen and oxygen atoms in total. The lowest BCUT2D eigenvalue weighted by molar-refractivity contribution is 0.0786. The molecule has 1 aliphatic rings. The van der Waals surface area contributed by atoms with Crippen LogP contribution in [0.4, 0.5) is 5.69 Å². The summed E-state index contributed by atoms with van der Waals surface area (Å²) in [6.07, 6.45) is 1.78. The van der Waals surface area contributed by atoms with Crippen LogP contribution in [-0.2, 0) is 0 Å². The molecule has 1 aliphatic heterocycles. The highest BCUT2D eigenvalue weighted by Gasteiger charge is 2.19. The maximum Gasteiger partial charge on any atom is 0.253 e. The smallest absolute Gasteiger partial charge is 0.253 e. The van der Waals surface area contributed by atoms with E-state index in [4.69, 9.17) is 5.73 Å². The molecule has 0 saturated carbocycles. The maximum absolute atomic E-state index is 12.6. The van der Waals surface area contributed by atoms with Gasteiger partial charge in [-0.25, -0.2) is 4.99 Å². The third-order valence-electron chi connectivity index (χ3n) is 4.69. The molecule has 1 heterocycles. The second kappa shape index (κ2) is 8.71. The predicted octanol–water partition coefficient (Wildman–Crippen LogP) is 2.50. The van der Waals surface area contributed by atoms with E-state index in [2.05, 4.69) is 14.8 Å². The zero-order chi connectivity index (χ0) is 20.1. The van der Waals surface area contributed by atoms with Crippen LogP contribution in [-0.4, -0.2) is 62.3 Å². The van der Waals surface area contributed by atoms with Gasteiger partial charge in [0.05, 0.1) is 18.4 Å². The van der Waals surface area contributed by atoms with Crippen LogP contribution >= 0.6 is 0 Å². The number of carbonyl (C=O) groups is 1. The van der Waals surface area contributed by atoms with Crippen molar-refractivity contribution in [2.24, 2.45) is 10.7 Å². The van der Waals surface area contributed by atoms with Crippen LogP contribution < -0.4 is 10.6 Å². The van der Waals surface area contributed by atoms with Gasteiger partial charge in [0.2, 0.25) is 0 Å². The number of anilines is 1. The molecule has 2 N–H and O–H groups in total. The van der Waals surface area contributed by atoms with Crippen LogP contribution in [0.5, 0.6) is 0 Å². The predicted molar refractivity (Wildman–Crippen MR) is 115 cm³/mol. The van der Waals surface area contributed by atoms with Gasteiger partial charge in [0.1, 0.15) is 5.84 Å². The molecule has 146 valence electrons. The van der Waals surface area contributed by atoms with Gasteiger partial charge < -0.3 is 20.4 Å². The highest BCUT2D eigenvalue weighted by Crippen LogP contribution is 2.28. The number of aliphatic imine (C=N–C) groups is 1. The summed E-state index contributed by atoms with van der Waals surface area (Å²) in [5.74, 6) is 0.593. The lowest BCUT2D eigenvalue weighted by atomic mass is 10.1. The van der Waals surface area contributed by atoms with Gasteiger partial charge in [0.25, 0.3) is 5.91 Å². The van der Waals surface area contributed by atoms with Crippen LogP contribution in [0.15, 0.2) is 65.8 Å². The zero-order valence-electron chi connectivity index (χ0n) is 16.7. The van der Waals surface area contributed by atoms with Gasteiger partial charge in [-0.05, 0) is 43.9 Å². The fourth-order valence-corrected chi connectivity index (χ4v) is 3.03. The van der Waals surface area contributed by atoms with E-state index in [1.807, 2.05) is 75.7 Å². The van der Waals surface area contributed by atoms with Crippen molar-refractivity contribution in [1.82, 2.24) is 9.80 Å². The topological polar surface area (TPSA) is 65.2 Å². The quantitative estimate of drug-likeness (QED) is 0.840. The number of likely N-dealkylation sites (N-methyl/N-ethyl adjacent to an activating group) is 2. The molecule has 0 aliphatic carbocycles. The molecule has 28 heavy (non-hydrogen) atoms. The number of hydrogen-bond donors (Lipinski definition) is 1. The number of hydrogen-bond acceptors (Lipinski definition) is 5. The van der Waals surface area contributed by atoms with Crippen LogP contribution in [0.3, 0.4) is 0 Å². The van der Waals surface area contributed by atoms with E-state index in [0.29, 0.717) is 24.5 Å². The molecular weight excluding hydrogens is 350 g/mol. The van der Waals surface area contributed by atoms with E-state index in [9.17, 15) is 4.79 Å². The molecule has 1 amide bonds. The van der Waals surface area contributed by atoms with Crippen LogP contribution in [0, 0.1) is 0 Å². The fraction of sp³-hybridized carbons (Fsp3) is 0.273. The molecule has 0 unspecified atom stereocenters. The van der Waals surface area contributed by atoms with Gasteiger partial charge in [-0.1, -0.05) is 30.3 Å². The summed E-state index contributed by atoms with van der Waals surface area (Å²) < 4.78 is 0. The molecular formula is C22H27N5O. The molecule has 2 aromatic carbocycles. The van der Waals surface area contributed by atoms with Crippen molar-refractivity contribution in [2.75, 3.05) is 45.7 Å². The van der Waals surface area contributed by atoms with Crippen LogP contribution in [0.2, 0.25) is 0 Å². The summed E-state index contributed by atoms with van der Waals surface area (Å²) in [6.45, 7) is 2.05. The normalized spacial score (nSPS) is 13.9. The third-order valence-corrected chi connectivity index (χ3v) is 4.69. The molecule has 6 heteroatoms. The molecule has 0 aromatic heterocycles. The van der Waals surface area contributed by atoms with Crippen LogP contribution in [0.1, 0.15) is 15.9 Å². The van der Waals surface area contributed by atoms with E-state index in [0.717, 1.165) is 23.5 Å². The minimum atomic E-state index is 0.0215. The molecule has 2 aromatic rings. The molecule has 0 bridgehead atoms. The Hall–Kier alpha value is -3.12. The first-order valence-electron chi connectivity index (χ1n) is 9.31. The Kier molecular flexibility index (Phi) is 6.11. The Bertz CT molecular complexity index is 872. The van der Waals surface area contributed by atoms with E-state index < -0.39 is 0 Å². The molecule has 0 spiro atoms. The van der Waals surface area contributed by atoms with Gasteiger partial charge in [0, 0.05) is 31.4 Å². The van der Waals surface area contributed by atoms with Gasteiger partial charge in [0.15, 0.2) is 0 Å². The fourth-order valence-electron chi connectivity index (χ4n) is 3.03. The highest BCUT2D eigenvalue weighted by molar-refractivity contribution is 5.96. The van der Waals surface area contributed by atoms with Crippen molar-refractivity contribution in [3.63, 3.8) is 0 Å². The standard InChI is InChI=1S/C22H27N5O/c1-25(2)13-14-26(3)22(28)18-11-9-17(10-12-18)20-15-24-21(23)16-27(20)19-7-5-4-6-8-19/h4-12,15H,13-14,16H2,1-3H3,(H2,23,24). The van der Waals surface area contributed by atoms with Gasteiger partial charge >= 0.3 is 0 Å². The number of rotatable bonds is 6. The first-order chi connectivity index (χ1) is 13.5. The number of benzene rings is 2. The third kappa shape index (κ3) is 4.58. The molecule has 3 rings (SSSR count). The second-order valence-corrected chi connectivity index (χ2v) is 7.16. The van der Waals surface area contributed by atoms with Gasteiger partial charge in [-0.2, -0.15) is 0 Å². The van der Waals surface area contributed by atoms with Gasteiger partial charge in [-0.3, -0.25) is 4.79 Å². The largest absolute Gasteiger partial charge is 0.386 e. The summed E-state index contributed by atoms with van der Waals surface area (Å²) in [5, 5.41) is 0. The maximum atomic E-state index is 12.6. The van der Waals surface area contributed by atoms with Crippen molar-refractivity contribution in [1.29, 1.82) is 0 Å². The van der Waals surface area contributed by atoms with E-state index in [1.165, 1.54) is 0 Å². The number of amides is 1. The number of para-hydroxylation sites is 1. The Morgan fingerprint density at radius 2 is 1.71 bits per heavy atom. The Morgan fingerprint density at radius 3 is 2.36 bits per heavy atom. The number of amidine groups is 1. The summed E-state index contributed by atoms with van der Waals surface area (Å²) in [5.41, 5.74) is 9.64. The number of nitrogens with two attached hydrogens (primary N) is 1. The average Bonchev–Trinajstić information content (AvgIpc) is 2.72. The monoisotopic (exact) mass is 377 g/mol. The zero-order valence-corrected chi connectivity index (χ0v) is 16.7. The second-order valence-electron chi connectivity index (χ2n) is 7.16. The van der Waals surface area contributed by atoms with Crippen molar-refractivity contribution in [3.8, 4) is 0 Å². The van der Waals surface area contributed by atoms with Crippen molar-refractivity contribution in [2.45, 2.75) is 0 Å². The molecule has 0 radical (unpaired) electrons. The Balaban J connectivity index is 1.80. The van der Waals surface area contributed by atoms with Crippen molar-refractivity contribution < 1.29 is 4.79 Å². The summed E-state index contributed by atoms with van der Waals surface area (Å²) in [6, 6.07) is 17.7. The Morgan fingerprint density at radius 1 is 1.04 bits per heavy atom. The van der Waals surface area contributed by atoms with Crippen molar-refractivity contribution >= 4 is 23.1 Å². The Labute approximate surface area is 166 Å². The van der Waals surface area contributed by atoms with Gasteiger partial charge in [-0.15, -0.1) is 0 Å². The number of nitrogens with zero attached hydrogens (tertiary/aromatic N) is 4. The van der Waals surface area contributed by atoms with Crippen LogP contribution in [0.25, 0.3) is 5.70 Å². The average molecular weight is 377 g/mol. The first-order valence-corrected chi connectivity index (χ1v) is 9.31. The summed E-state index contributed by atoms with van der Waals surface area (Å²) in [7, 11) is 5.83.